The molecule has 1 saturated heterocycles. The third-order valence-corrected chi connectivity index (χ3v) is 4.38. The summed E-state index contributed by atoms with van der Waals surface area (Å²) in [5, 5.41) is 15.0. The van der Waals surface area contributed by atoms with E-state index in [1.165, 1.54) is 0 Å². The number of rotatable bonds is 4. The van der Waals surface area contributed by atoms with Gasteiger partial charge in [-0.25, -0.2) is 9.97 Å². The Hall–Kier alpha value is -1.73. The van der Waals surface area contributed by atoms with Gasteiger partial charge in [-0.15, -0.1) is 0 Å². The minimum atomic E-state index is -0.287. The highest BCUT2D eigenvalue weighted by molar-refractivity contribution is 5.86. The number of anilines is 1. The predicted octanol–water partition coefficient (Wildman–Crippen LogP) is 0.645. The molecular formula is C15H24N6O. The van der Waals surface area contributed by atoms with Crippen molar-refractivity contribution in [1.82, 2.24) is 24.6 Å². The smallest absolute Gasteiger partial charge is 0.163 e. The minimum absolute atomic E-state index is 0.287. The van der Waals surface area contributed by atoms with Gasteiger partial charge in [0.1, 0.15) is 12.1 Å². The van der Waals surface area contributed by atoms with Gasteiger partial charge in [0.05, 0.1) is 17.7 Å². The summed E-state index contributed by atoms with van der Waals surface area (Å²) < 4.78 is 1.78. The molecule has 0 spiro atoms. The standard InChI is InChI=1S/C15H24N6O/c1-4-12-9-21(6-5-20(12)8-11(2)22)15-13-7-18-19(3)14(13)16-10-17-15/h7,10-12,22H,4-6,8-9H2,1-3H3/t11-,12-/m0/s1. The van der Waals surface area contributed by atoms with E-state index in [0.717, 1.165) is 49.5 Å². The molecule has 1 fully saturated rings. The van der Waals surface area contributed by atoms with Crippen molar-refractivity contribution >= 4 is 16.9 Å². The summed E-state index contributed by atoms with van der Waals surface area (Å²) in [6.07, 6.45) is 4.23. The van der Waals surface area contributed by atoms with Crippen LogP contribution < -0.4 is 4.90 Å². The molecule has 0 aliphatic carbocycles. The average molecular weight is 304 g/mol. The summed E-state index contributed by atoms with van der Waals surface area (Å²) in [5.41, 5.74) is 0.865. The molecule has 0 amide bonds. The molecule has 1 aliphatic rings. The van der Waals surface area contributed by atoms with Crippen LogP contribution in [-0.4, -0.2) is 68.1 Å². The maximum Gasteiger partial charge on any atom is 0.163 e. The van der Waals surface area contributed by atoms with Crippen LogP contribution in [0.2, 0.25) is 0 Å². The van der Waals surface area contributed by atoms with Gasteiger partial charge in [-0.1, -0.05) is 6.92 Å². The number of aromatic nitrogens is 4. The Morgan fingerprint density at radius 3 is 2.91 bits per heavy atom. The molecule has 0 radical (unpaired) electrons. The van der Waals surface area contributed by atoms with Crippen LogP contribution in [-0.2, 0) is 7.05 Å². The summed E-state index contributed by atoms with van der Waals surface area (Å²) in [6.45, 7) is 7.55. The van der Waals surface area contributed by atoms with Crippen molar-refractivity contribution in [2.45, 2.75) is 32.4 Å². The molecule has 2 aromatic rings. The molecular weight excluding hydrogens is 280 g/mol. The van der Waals surface area contributed by atoms with Crippen molar-refractivity contribution in [3.05, 3.63) is 12.5 Å². The Morgan fingerprint density at radius 2 is 2.18 bits per heavy atom. The lowest BCUT2D eigenvalue weighted by atomic mass is 10.1. The molecule has 1 aliphatic heterocycles. The molecule has 7 heteroatoms. The molecule has 3 heterocycles. The third-order valence-electron chi connectivity index (χ3n) is 4.38. The van der Waals surface area contributed by atoms with E-state index in [1.54, 1.807) is 11.0 Å². The van der Waals surface area contributed by atoms with Crippen LogP contribution in [0.4, 0.5) is 5.82 Å². The Bertz CT molecular complexity index is 640. The van der Waals surface area contributed by atoms with Gasteiger partial charge in [-0.3, -0.25) is 9.58 Å². The van der Waals surface area contributed by atoms with Gasteiger partial charge in [0.25, 0.3) is 0 Å². The molecule has 120 valence electrons. The second-order valence-corrected chi connectivity index (χ2v) is 6.05. The van der Waals surface area contributed by atoms with E-state index >= 15 is 0 Å². The number of hydrogen-bond acceptors (Lipinski definition) is 6. The zero-order valence-electron chi connectivity index (χ0n) is 13.5. The van der Waals surface area contributed by atoms with E-state index in [4.69, 9.17) is 0 Å². The van der Waals surface area contributed by atoms with Gasteiger partial charge >= 0.3 is 0 Å². The van der Waals surface area contributed by atoms with Crippen LogP contribution in [0.5, 0.6) is 0 Å². The zero-order valence-corrected chi connectivity index (χ0v) is 13.5. The highest BCUT2D eigenvalue weighted by Gasteiger charge is 2.28. The first kappa shape index (κ1) is 15.2. The molecule has 7 nitrogen and oxygen atoms in total. The van der Waals surface area contributed by atoms with E-state index in [9.17, 15) is 5.11 Å². The quantitative estimate of drug-likeness (QED) is 0.894. The highest BCUT2D eigenvalue weighted by Crippen LogP contribution is 2.25. The van der Waals surface area contributed by atoms with Gasteiger partial charge in [0.15, 0.2) is 5.65 Å². The molecule has 0 bridgehead atoms. The maximum absolute atomic E-state index is 9.66. The number of nitrogens with zero attached hydrogens (tertiary/aromatic N) is 6. The van der Waals surface area contributed by atoms with E-state index in [2.05, 4.69) is 31.8 Å². The SMILES string of the molecule is CC[C@H]1CN(c2ncnc3c2cnn3C)CCN1C[C@H](C)O. The number of hydrogen-bond donors (Lipinski definition) is 1. The van der Waals surface area contributed by atoms with Crippen molar-refractivity contribution in [3.8, 4) is 0 Å². The molecule has 3 rings (SSSR count). The fourth-order valence-corrected chi connectivity index (χ4v) is 3.25. The fourth-order valence-electron chi connectivity index (χ4n) is 3.25. The lowest BCUT2D eigenvalue weighted by molar-refractivity contribution is 0.0885. The van der Waals surface area contributed by atoms with Crippen molar-refractivity contribution in [2.24, 2.45) is 7.05 Å². The Morgan fingerprint density at radius 1 is 1.36 bits per heavy atom. The fraction of sp³-hybridized carbons (Fsp3) is 0.667. The van der Waals surface area contributed by atoms with Crippen LogP contribution in [0, 0.1) is 0 Å². The molecule has 0 saturated carbocycles. The number of aliphatic hydroxyl groups excluding tert-OH is 1. The molecule has 2 aromatic heterocycles. The molecule has 0 unspecified atom stereocenters. The Labute approximate surface area is 130 Å². The largest absolute Gasteiger partial charge is 0.392 e. The zero-order chi connectivity index (χ0) is 15.7. The number of aryl methyl sites for hydroxylation is 1. The Kier molecular flexibility index (Phi) is 4.26. The second kappa shape index (κ2) is 6.18. The van der Waals surface area contributed by atoms with Gasteiger partial charge in [0.2, 0.25) is 0 Å². The monoisotopic (exact) mass is 304 g/mol. The Balaban J connectivity index is 1.84. The van der Waals surface area contributed by atoms with E-state index in [0.29, 0.717) is 6.04 Å². The third kappa shape index (κ3) is 2.78. The van der Waals surface area contributed by atoms with E-state index in [-0.39, 0.29) is 6.10 Å². The van der Waals surface area contributed by atoms with Gasteiger partial charge in [-0.05, 0) is 13.3 Å². The highest BCUT2D eigenvalue weighted by atomic mass is 16.3. The lowest BCUT2D eigenvalue weighted by Gasteiger charge is -2.42. The molecule has 0 aromatic carbocycles. The first-order valence-electron chi connectivity index (χ1n) is 7.90. The summed E-state index contributed by atoms with van der Waals surface area (Å²) >= 11 is 0. The van der Waals surface area contributed by atoms with Crippen LogP contribution in [0.1, 0.15) is 20.3 Å². The van der Waals surface area contributed by atoms with Crippen LogP contribution in [0.25, 0.3) is 11.0 Å². The van der Waals surface area contributed by atoms with E-state index in [1.807, 2.05) is 20.2 Å². The summed E-state index contributed by atoms with van der Waals surface area (Å²) in [5.74, 6) is 0.966. The number of aliphatic hydroxyl groups is 1. The van der Waals surface area contributed by atoms with Crippen LogP contribution in [0.3, 0.4) is 0 Å². The number of piperazine rings is 1. The number of fused-ring (bicyclic) bond motifs is 1. The normalized spacial score (nSPS) is 21.5. The number of β-amino-alcohol motifs (C(OH)–C–C–N with tert-alkyl or cyclic N) is 1. The molecule has 2 atom stereocenters. The topological polar surface area (TPSA) is 70.3 Å². The van der Waals surface area contributed by atoms with Crippen LogP contribution in [0.15, 0.2) is 12.5 Å². The minimum Gasteiger partial charge on any atom is -0.392 e. The first-order chi connectivity index (χ1) is 10.6. The van der Waals surface area contributed by atoms with Crippen molar-refractivity contribution < 1.29 is 5.11 Å². The summed E-state index contributed by atoms with van der Waals surface area (Å²) in [6, 6.07) is 0.435. The molecule has 1 N–H and O–H groups in total. The van der Waals surface area contributed by atoms with Crippen molar-refractivity contribution in [1.29, 1.82) is 0 Å². The lowest BCUT2D eigenvalue weighted by Crippen LogP contribution is -2.54. The summed E-state index contributed by atoms with van der Waals surface area (Å²) in [7, 11) is 1.90. The van der Waals surface area contributed by atoms with Crippen LogP contribution >= 0.6 is 0 Å². The first-order valence-corrected chi connectivity index (χ1v) is 7.90. The summed E-state index contributed by atoms with van der Waals surface area (Å²) in [4.78, 5) is 13.5. The van der Waals surface area contributed by atoms with Gasteiger partial charge in [-0.2, -0.15) is 5.10 Å². The van der Waals surface area contributed by atoms with Gasteiger partial charge in [0, 0.05) is 39.3 Å². The average Bonchev–Trinajstić information content (AvgIpc) is 2.89. The predicted molar refractivity (Wildman–Crippen MR) is 85.8 cm³/mol. The molecule has 22 heavy (non-hydrogen) atoms. The maximum atomic E-state index is 9.66. The van der Waals surface area contributed by atoms with E-state index < -0.39 is 0 Å². The van der Waals surface area contributed by atoms with Crippen molar-refractivity contribution in [3.63, 3.8) is 0 Å². The van der Waals surface area contributed by atoms with Crippen molar-refractivity contribution in [2.75, 3.05) is 31.1 Å². The second-order valence-electron chi connectivity index (χ2n) is 6.05. The van der Waals surface area contributed by atoms with Gasteiger partial charge < -0.3 is 10.0 Å².